The molecule has 2 heteroatoms. The smallest absolute Gasteiger partial charge is 0.113 e. The highest BCUT2D eigenvalue weighted by Crippen LogP contribution is 2.35. The second-order valence-corrected chi connectivity index (χ2v) is 3.76. The van der Waals surface area contributed by atoms with Crippen LogP contribution in [0.3, 0.4) is 0 Å². The highest BCUT2D eigenvalue weighted by Gasteiger charge is 2.24. The molecule has 0 aliphatic heterocycles. The highest BCUT2D eigenvalue weighted by molar-refractivity contribution is 5.38. The lowest BCUT2D eigenvalue weighted by Crippen LogP contribution is -1.97. The zero-order valence-corrected chi connectivity index (χ0v) is 7.90. The third-order valence-corrected chi connectivity index (χ3v) is 2.98. The summed E-state index contributed by atoms with van der Waals surface area (Å²) in [7, 11) is 0. The van der Waals surface area contributed by atoms with E-state index < -0.39 is 0 Å². The van der Waals surface area contributed by atoms with Crippen LogP contribution in [-0.2, 0) is 6.42 Å². The molecular weight excluding hydrogens is 172 g/mol. The number of rotatable bonds is 1. The van der Waals surface area contributed by atoms with Crippen molar-refractivity contribution < 1.29 is 0 Å². The molecule has 0 radical (unpaired) electrons. The summed E-state index contributed by atoms with van der Waals surface area (Å²) in [6, 6.07) is 8.66. The van der Waals surface area contributed by atoms with Crippen LogP contribution in [0.1, 0.15) is 29.3 Å². The van der Waals surface area contributed by atoms with E-state index in [-0.39, 0.29) is 0 Å². The van der Waals surface area contributed by atoms with Gasteiger partial charge in [0.05, 0.1) is 0 Å². The van der Waals surface area contributed by atoms with Gasteiger partial charge < -0.3 is 4.98 Å². The van der Waals surface area contributed by atoms with Crippen molar-refractivity contribution in [2.75, 3.05) is 0 Å². The van der Waals surface area contributed by atoms with Crippen LogP contribution in [0.5, 0.6) is 0 Å². The molecule has 1 atom stereocenters. The average Bonchev–Trinajstić information content (AvgIpc) is 2.85. The number of hydrogen-bond donors (Lipinski definition) is 1. The third-order valence-electron chi connectivity index (χ3n) is 2.98. The van der Waals surface area contributed by atoms with Gasteiger partial charge in [-0.3, -0.25) is 0 Å². The van der Waals surface area contributed by atoms with Gasteiger partial charge >= 0.3 is 0 Å². The monoisotopic (exact) mass is 184 g/mol. The molecule has 0 unspecified atom stereocenters. The van der Waals surface area contributed by atoms with Gasteiger partial charge in [-0.1, -0.05) is 24.3 Å². The molecule has 1 N–H and O–H groups in total. The third kappa shape index (κ3) is 1.07. The quantitative estimate of drug-likeness (QED) is 0.724. The van der Waals surface area contributed by atoms with Gasteiger partial charge in [0.2, 0.25) is 0 Å². The largest absolute Gasteiger partial charge is 0.348 e. The Labute approximate surface area is 83.0 Å². The van der Waals surface area contributed by atoms with Gasteiger partial charge in [-0.05, 0) is 24.0 Å². The maximum absolute atomic E-state index is 4.34. The summed E-state index contributed by atoms with van der Waals surface area (Å²) in [5.74, 6) is 1.59. The van der Waals surface area contributed by atoms with Gasteiger partial charge in [0.15, 0.2) is 0 Å². The molecule has 70 valence electrons. The minimum atomic E-state index is 0.487. The van der Waals surface area contributed by atoms with Gasteiger partial charge in [-0.2, -0.15) is 0 Å². The van der Waals surface area contributed by atoms with Crippen molar-refractivity contribution in [1.82, 2.24) is 9.97 Å². The number of aryl methyl sites for hydroxylation is 1. The lowest BCUT2D eigenvalue weighted by molar-refractivity contribution is 0.741. The van der Waals surface area contributed by atoms with Gasteiger partial charge in [0.25, 0.3) is 0 Å². The second-order valence-electron chi connectivity index (χ2n) is 3.76. The van der Waals surface area contributed by atoms with Crippen molar-refractivity contribution in [1.29, 1.82) is 0 Å². The number of H-pyrrole nitrogens is 1. The van der Waals surface area contributed by atoms with Crippen molar-refractivity contribution in [3.8, 4) is 0 Å². The first-order chi connectivity index (χ1) is 6.95. The molecule has 3 rings (SSSR count). The molecule has 2 nitrogen and oxygen atoms in total. The molecule has 0 spiro atoms. The van der Waals surface area contributed by atoms with Gasteiger partial charge in [0.1, 0.15) is 5.82 Å². The fourth-order valence-electron chi connectivity index (χ4n) is 2.31. The Kier molecular flexibility index (Phi) is 1.66. The van der Waals surface area contributed by atoms with E-state index in [1.54, 1.807) is 0 Å². The summed E-state index contributed by atoms with van der Waals surface area (Å²) < 4.78 is 0. The molecule has 1 aliphatic carbocycles. The Hall–Kier alpha value is -1.57. The highest BCUT2D eigenvalue weighted by atomic mass is 14.9. The molecule has 1 aliphatic rings. The van der Waals surface area contributed by atoms with Crippen molar-refractivity contribution in [2.24, 2.45) is 0 Å². The Bertz CT molecular complexity index is 431. The maximum Gasteiger partial charge on any atom is 0.113 e. The molecule has 1 aromatic carbocycles. The lowest BCUT2D eigenvalue weighted by Gasteiger charge is -2.07. The first-order valence-corrected chi connectivity index (χ1v) is 5.02. The number of benzene rings is 1. The topological polar surface area (TPSA) is 28.7 Å². The predicted octanol–water partition coefficient (Wildman–Crippen LogP) is 2.49. The molecule has 14 heavy (non-hydrogen) atoms. The molecule has 0 fully saturated rings. The van der Waals surface area contributed by atoms with E-state index in [0.29, 0.717) is 5.92 Å². The minimum Gasteiger partial charge on any atom is -0.348 e. The van der Waals surface area contributed by atoms with Crippen molar-refractivity contribution in [3.05, 3.63) is 53.6 Å². The SMILES string of the molecule is c1ccc2c(c1)CC[C@@H]2c1ncc[nH]1. The zero-order valence-electron chi connectivity index (χ0n) is 7.90. The molecule has 0 saturated carbocycles. The van der Waals surface area contributed by atoms with Gasteiger partial charge in [0, 0.05) is 18.3 Å². The Morgan fingerprint density at radius 2 is 2.21 bits per heavy atom. The van der Waals surface area contributed by atoms with Crippen LogP contribution in [-0.4, -0.2) is 9.97 Å². The van der Waals surface area contributed by atoms with Crippen molar-refractivity contribution >= 4 is 0 Å². The summed E-state index contributed by atoms with van der Waals surface area (Å²) in [6.45, 7) is 0. The number of fused-ring (bicyclic) bond motifs is 1. The summed E-state index contributed by atoms with van der Waals surface area (Å²) in [6.07, 6.45) is 6.10. The van der Waals surface area contributed by atoms with Crippen LogP contribution in [0.4, 0.5) is 0 Å². The Balaban J connectivity index is 2.06. The summed E-state index contributed by atoms with van der Waals surface area (Å²) in [5.41, 5.74) is 2.93. The first kappa shape index (κ1) is 7.80. The van der Waals surface area contributed by atoms with Crippen molar-refractivity contribution in [3.63, 3.8) is 0 Å². The Morgan fingerprint density at radius 3 is 3.07 bits per heavy atom. The van der Waals surface area contributed by atoms with Crippen LogP contribution in [0.2, 0.25) is 0 Å². The van der Waals surface area contributed by atoms with E-state index in [4.69, 9.17) is 0 Å². The van der Waals surface area contributed by atoms with Crippen molar-refractivity contribution in [2.45, 2.75) is 18.8 Å². The number of aromatic nitrogens is 2. The molecular formula is C12H12N2. The van der Waals surface area contributed by atoms with E-state index >= 15 is 0 Å². The van der Waals surface area contributed by atoms with Crippen LogP contribution in [0.25, 0.3) is 0 Å². The fourth-order valence-corrected chi connectivity index (χ4v) is 2.31. The fraction of sp³-hybridized carbons (Fsp3) is 0.250. The van der Waals surface area contributed by atoms with Crippen LogP contribution in [0.15, 0.2) is 36.7 Å². The number of hydrogen-bond acceptors (Lipinski definition) is 1. The molecule has 1 aromatic heterocycles. The number of imidazole rings is 1. The second kappa shape index (κ2) is 2.98. The molecule has 2 aromatic rings. The Morgan fingerprint density at radius 1 is 1.29 bits per heavy atom. The first-order valence-electron chi connectivity index (χ1n) is 5.02. The number of nitrogens with one attached hydrogen (secondary N) is 1. The molecule has 0 amide bonds. The van der Waals surface area contributed by atoms with Crippen LogP contribution in [0, 0.1) is 0 Å². The van der Waals surface area contributed by atoms with Crippen LogP contribution < -0.4 is 0 Å². The van der Waals surface area contributed by atoms with E-state index in [0.717, 1.165) is 5.82 Å². The van der Waals surface area contributed by atoms with Gasteiger partial charge in [-0.25, -0.2) is 4.98 Å². The van der Waals surface area contributed by atoms with Crippen LogP contribution >= 0.6 is 0 Å². The number of aromatic amines is 1. The normalized spacial score (nSPS) is 19.6. The predicted molar refractivity (Wildman–Crippen MR) is 55.2 cm³/mol. The summed E-state index contributed by atoms with van der Waals surface area (Å²) in [4.78, 5) is 7.55. The maximum atomic E-state index is 4.34. The zero-order chi connectivity index (χ0) is 9.38. The minimum absolute atomic E-state index is 0.487. The molecule has 1 heterocycles. The van der Waals surface area contributed by atoms with E-state index in [2.05, 4.69) is 34.2 Å². The summed E-state index contributed by atoms with van der Waals surface area (Å²) >= 11 is 0. The van der Waals surface area contributed by atoms with E-state index in [1.807, 2.05) is 12.4 Å². The lowest BCUT2D eigenvalue weighted by atomic mass is 10.0. The number of nitrogens with zero attached hydrogens (tertiary/aromatic N) is 1. The van der Waals surface area contributed by atoms with E-state index in [1.165, 1.54) is 24.0 Å². The average molecular weight is 184 g/mol. The molecule has 0 bridgehead atoms. The molecule has 0 saturated heterocycles. The van der Waals surface area contributed by atoms with Gasteiger partial charge in [-0.15, -0.1) is 0 Å². The summed E-state index contributed by atoms with van der Waals surface area (Å²) in [5, 5.41) is 0. The standard InChI is InChI=1S/C12H12N2/c1-2-4-10-9(3-1)5-6-11(10)12-13-7-8-14-12/h1-4,7-8,11H,5-6H2,(H,13,14)/t11-/m0/s1. The van der Waals surface area contributed by atoms with E-state index in [9.17, 15) is 0 Å².